The number of thiocarbonyl (C=S) groups is 1. The largest absolute Gasteiger partial charge is 0.465 e. The van der Waals surface area contributed by atoms with Crippen LogP contribution in [0, 0.1) is 19.8 Å². The molecule has 3 aromatic rings. The molecule has 0 bridgehead atoms. The third-order valence-electron chi connectivity index (χ3n) is 6.07. The molecule has 1 N–H and O–H groups in total. The van der Waals surface area contributed by atoms with Gasteiger partial charge >= 0.3 is 5.97 Å². The highest BCUT2D eigenvalue weighted by molar-refractivity contribution is 7.80. The van der Waals surface area contributed by atoms with Crippen molar-refractivity contribution in [2.75, 3.05) is 13.7 Å². The van der Waals surface area contributed by atoms with Crippen LogP contribution in [0.3, 0.4) is 0 Å². The molecule has 1 fully saturated rings. The van der Waals surface area contributed by atoms with E-state index in [4.69, 9.17) is 17.0 Å². The quantitative estimate of drug-likeness (QED) is 0.415. The van der Waals surface area contributed by atoms with Crippen LogP contribution < -0.4 is 5.32 Å². The Kier molecular flexibility index (Phi) is 6.51. The summed E-state index contributed by atoms with van der Waals surface area (Å²) in [6.07, 6.45) is 1.82. The van der Waals surface area contributed by atoms with E-state index in [1.807, 2.05) is 42.6 Å². The number of aryl methyl sites for hydroxylation is 1. The van der Waals surface area contributed by atoms with Gasteiger partial charge in [0.15, 0.2) is 5.11 Å². The number of benzene rings is 1. The highest BCUT2D eigenvalue weighted by Gasteiger charge is 2.41. The third kappa shape index (κ3) is 4.37. The molecule has 0 radical (unpaired) electrons. The van der Waals surface area contributed by atoms with Crippen LogP contribution in [0.4, 0.5) is 0 Å². The molecule has 7 heteroatoms. The van der Waals surface area contributed by atoms with Crippen LogP contribution in [-0.4, -0.2) is 39.2 Å². The number of nitrogens with zero attached hydrogens (tertiary/aromatic N) is 3. The fourth-order valence-electron chi connectivity index (χ4n) is 4.71. The van der Waals surface area contributed by atoms with Gasteiger partial charge < -0.3 is 19.5 Å². The number of ether oxygens (including phenoxy) is 1. The number of esters is 1. The average Bonchev–Trinajstić information content (AvgIpc) is 3.28. The first-order valence-electron chi connectivity index (χ1n) is 11.2. The molecule has 0 unspecified atom stereocenters. The van der Waals surface area contributed by atoms with Gasteiger partial charge in [0.1, 0.15) is 0 Å². The molecule has 4 rings (SSSR count). The Balaban J connectivity index is 1.82. The number of carbonyl (C=O) groups excluding carboxylic acids is 1. The lowest BCUT2D eigenvalue weighted by Crippen LogP contribution is -2.33. The maximum atomic E-state index is 12.1. The number of aromatic nitrogens is 2. The van der Waals surface area contributed by atoms with Crippen LogP contribution in [0.5, 0.6) is 0 Å². The van der Waals surface area contributed by atoms with E-state index in [1.54, 1.807) is 6.07 Å². The number of methoxy groups -OCH3 is 1. The lowest BCUT2D eigenvalue weighted by Gasteiger charge is -2.29. The number of hydrogen-bond acceptors (Lipinski definition) is 4. The van der Waals surface area contributed by atoms with Crippen molar-refractivity contribution in [1.29, 1.82) is 0 Å². The minimum absolute atomic E-state index is 0.0125. The first-order valence-corrected chi connectivity index (χ1v) is 11.6. The van der Waals surface area contributed by atoms with Crippen LogP contribution in [0.2, 0.25) is 0 Å². The molecular formula is C26H30N4O2S. The zero-order chi connectivity index (χ0) is 23.7. The minimum Gasteiger partial charge on any atom is -0.465 e. The van der Waals surface area contributed by atoms with Gasteiger partial charge in [0.25, 0.3) is 0 Å². The van der Waals surface area contributed by atoms with Crippen LogP contribution in [0.25, 0.3) is 5.69 Å². The normalized spacial score (nSPS) is 18.0. The Morgan fingerprint density at radius 1 is 1.18 bits per heavy atom. The number of hydrogen-bond donors (Lipinski definition) is 1. The van der Waals surface area contributed by atoms with Gasteiger partial charge in [0, 0.05) is 29.8 Å². The molecule has 0 aliphatic carbocycles. The van der Waals surface area contributed by atoms with E-state index in [-0.39, 0.29) is 18.1 Å². The zero-order valence-electron chi connectivity index (χ0n) is 19.7. The smallest absolute Gasteiger partial charge is 0.337 e. The second-order valence-electron chi connectivity index (χ2n) is 8.88. The van der Waals surface area contributed by atoms with Gasteiger partial charge in [-0.15, -0.1) is 0 Å². The second kappa shape index (κ2) is 9.35. The number of carbonyl (C=O) groups is 1. The Labute approximate surface area is 200 Å². The van der Waals surface area contributed by atoms with Crippen molar-refractivity contribution in [2.45, 2.75) is 39.8 Å². The fourth-order valence-corrected chi connectivity index (χ4v) is 5.02. The molecule has 1 aliphatic heterocycles. The van der Waals surface area contributed by atoms with Crippen molar-refractivity contribution in [1.82, 2.24) is 19.8 Å². The van der Waals surface area contributed by atoms with Crippen LogP contribution >= 0.6 is 12.2 Å². The molecule has 2 aromatic heterocycles. The SMILES string of the molecule is COC(=O)c1cccc(-n2c(C)cc([C@@H]3[C@@H](c4ccccn4)NC(=S)N3CC(C)C)c2C)c1. The first-order chi connectivity index (χ1) is 15.8. The summed E-state index contributed by atoms with van der Waals surface area (Å²) in [7, 11) is 1.40. The van der Waals surface area contributed by atoms with Gasteiger partial charge in [-0.05, 0) is 73.9 Å². The number of nitrogens with one attached hydrogen (secondary N) is 1. The van der Waals surface area contributed by atoms with E-state index in [0.29, 0.717) is 11.5 Å². The summed E-state index contributed by atoms with van der Waals surface area (Å²) < 4.78 is 7.10. The number of rotatable bonds is 6. The molecule has 0 spiro atoms. The lowest BCUT2D eigenvalue weighted by molar-refractivity contribution is 0.0600. The molecule has 1 saturated heterocycles. The van der Waals surface area contributed by atoms with Gasteiger partial charge in [-0.3, -0.25) is 4.98 Å². The van der Waals surface area contributed by atoms with E-state index in [0.717, 1.165) is 34.4 Å². The topological polar surface area (TPSA) is 59.4 Å². The van der Waals surface area contributed by atoms with E-state index in [9.17, 15) is 4.79 Å². The van der Waals surface area contributed by atoms with Crippen LogP contribution in [0.1, 0.15) is 58.9 Å². The predicted octanol–water partition coefficient (Wildman–Crippen LogP) is 4.90. The summed E-state index contributed by atoms with van der Waals surface area (Å²) in [5.74, 6) is 0.109. The first kappa shape index (κ1) is 23.0. The molecular weight excluding hydrogens is 432 g/mol. The number of pyridine rings is 1. The molecule has 0 saturated carbocycles. The van der Waals surface area contributed by atoms with Crippen molar-refractivity contribution >= 4 is 23.3 Å². The van der Waals surface area contributed by atoms with Gasteiger partial charge in [-0.25, -0.2) is 4.79 Å². The Hall–Kier alpha value is -3.19. The summed E-state index contributed by atoms with van der Waals surface area (Å²) in [5, 5.41) is 4.28. The predicted molar refractivity (Wildman–Crippen MR) is 134 cm³/mol. The van der Waals surface area contributed by atoms with Crippen molar-refractivity contribution in [2.24, 2.45) is 5.92 Å². The lowest BCUT2D eigenvalue weighted by atomic mass is 9.96. The molecule has 0 amide bonds. The van der Waals surface area contributed by atoms with E-state index >= 15 is 0 Å². The van der Waals surface area contributed by atoms with Crippen molar-refractivity contribution in [3.05, 3.63) is 82.9 Å². The van der Waals surface area contributed by atoms with E-state index in [2.05, 4.69) is 53.5 Å². The highest BCUT2D eigenvalue weighted by atomic mass is 32.1. The molecule has 6 nitrogen and oxygen atoms in total. The maximum absolute atomic E-state index is 12.1. The second-order valence-corrected chi connectivity index (χ2v) is 9.26. The van der Waals surface area contributed by atoms with E-state index < -0.39 is 0 Å². The average molecular weight is 463 g/mol. The zero-order valence-corrected chi connectivity index (χ0v) is 20.5. The summed E-state index contributed by atoms with van der Waals surface area (Å²) in [5.41, 5.74) is 5.82. The van der Waals surface area contributed by atoms with E-state index in [1.165, 1.54) is 12.7 Å². The molecule has 1 aliphatic rings. The van der Waals surface area contributed by atoms with Gasteiger partial charge in [0.05, 0.1) is 30.5 Å². The van der Waals surface area contributed by atoms with Crippen molar-refractivity contribution in [3.8, 4) is 5.69 Å². The van der Waals surface area contributed by atoms with Gasteiger partial charge in [-0.1, -0.05) is 26.0 Å². The Morgan fingerprint density at radius 3 is 2.64 bits per heavy atom. The van der Waals surface area contributed by atoms with Crippen molar-refractivity contribution < 1.29 is 9.53 Å². The van der Waals surface area contributed by atoms with Crippen LogP contribution in [-0.2, 0) is 4.74 Å². The molecule has 33 heavy (non-hydrogen) atoms. The third-order valence-corrected chi connectivity index (χ3v) is 6.43. The van der Waals surface area contributed by atoms with Crippen molar-refractivity contribution in [3.63, 3.8) is 0 Å². The molecule has 3 heterocycles. The standard InChI is InChI=1S/C26H30N4O2S/c1-16(2)15-29-24(23(28-26(29)33)22-11-6-7-12-27-22)21-13-17(3)30(18(21)4)20-10-8-9-19(14-20)25(31)32-5/h6-14,16,23-24H,15H2,1-5H3,(H,28,33)/t23-,24-/m1/s1. The Bertz CT molecular complexity index is 1170. The fraction of sp³-hybridized carbons (Fsp3) is 0.346. The van der Waals surface area contributed by atoms with Gasteiger partial charge in [-0.2, -0.15) is 0 Å². The summed E-state index contributed by atoms with van der Waals surface area (Å²) in [6.45, 7) is 9.47. The van der Waals surface area contributed by atoms with Gasteiger partial charge in [0.2, 0.25) is 0 Å². The maximum Gasteiger partial charge on any atom is 0.337 e. The monoisotopic (exact) mass is 462 g/mol. The summed E-state index contributed by atoms with van der Waals surface area (Å²) in [4.78, 5) is 19.0. The molecule has 1 aromatic carbocycles. The van der Waals surface area contributed by atoms with Crippen LogP contribution in [0.15, 0.2) is 54.7 Å². The molecule has 172 valence electrons. The summed E-state index contributed by atoms with van der Waals surface area (Å²) in [6, 6.07) is 15.7. The highest BCUT2D eigenvalue weighted by Crippen LogP contribution is 2.41. The Morgan fingerprint density at radius 2 is 1.97 bits per heavy atom. The minimum atomic E-state index is -0.344. The molecule has 2 atom stereocenters. The summed E-state index contributed by atoms with van der Waals surface area (Å²) >= 11 is 5.78.